The van der Waals surface area contributed by atoms with E-state index in [1.807, 2.05) is 0 Å². The number of carbonyl (C=O) groups is 1. The highest BCUT2D eigenvalue weighted by Gasteiger charge is 2.25. The molecule has 0 spiro atoms. The highest BCUT2D eigenvalue weighted by Crippen LogP contribution is 2.22. The van der Waals surface area contributed by atoms with Crippen LogP contribution in [0.3, 0.4) is 0 Å². The van der Waals surface area contributed by atoms with Crippen molar-refractivity contribution in [1.29, 1.82) is 0 Å². The SMILES string of the molecule is NC1CC(CCC(=O)O)CN(Cc2ccc(F)c(F)c2)C1. The Labute approximate surface area is 122 Å². The van der Waals surface area contributed by atoms with Crippen LogP contribution in [0.5, 0.6) is 0 Å². The summed E-state index contributed by atoms with van der Waals surface area (Å²) in [6, 6.07) is 3.87. The number of nitrogens with zero attached hydrogens (tertiary/aromatic N) is 1. The van der Waals surface area contributed by atoms with E-state index in [-0.39, 0.29) is 18.4 Å². The lowest BCUT2D eigenvalue weighted by Gasteiger charge is -2.36. The molecule has 1 aliphatic heterocycles. The van der Waals surface area contributed by atoms with E-state index < -0.39 is 17.6 Å². The molecule has 1 heterocycles. The quantitative estimate of drug-likeness (QED) is 0.872. The van der Waals surface area contributed by atoms with Crippen LogP contribution in [0, 0.1) is 17.6 Å². The molecule has 1 fully saturated rings. The zero-order valence-corrected chi connectivity index (χ0v) is 11.8. The number of likely N-dealkylation sites (tertiary alicyclic amines) is 1. The number of carboxylic acid groups (broad SMARTS) is 1. The molecule has 1 aromatic rings. The van der Waals surface area contributed by atoms with Gasteiger partial charge in [-0.05, 0) is 36.5 Å². The summed E-state index contributed by atoms with van der Waals surface area (Å²) < 4.78 is 26.1. The molecule has 1 saturated heterocycles. The Bertz CT molecular complexity index is 510. The minimum atomic E-state index is -0.853. The van der Waals surface area contributed by atoms with E-state index in [1.54, 1.807) is 6.07 Å². The van der Waals surface area contributed by atoms with Crippen LogP contribution in [0.15, 0.2) is 18.2 Å². The lowest BCUT2D eigenvalue weighted by molar-refractivity contribution is -0.137. The van der Waals surface area contributed by atoms with Gasteiger partial charge in [0.1, 0.15) is 0 Å². The number of benzene rings is 1. The van der Waals surface area contributed by atoms with Crippen molar-refractivity contribution >= 4 is 5.97 Å². The molecule has 2 atom stereocenters. The molecule has 0 bridgehead atoms. The number of rotatable bonds is 5. The van der Waals surface area contributed by atoms with Crippen molar-refractivity contribution in [2.24, 2.45) is 11.7 Å². The number of hydrogen-bond acceptors (Lipinski definition) is 3. The van der Waals surface area contributed by atoms with E-state index in [1.165, 1.54) is 6.07 Å². The van der Waals surface area contributed by atoms with Gasteiger partial charge in [-0.3, -0.25) is 9.69 Å². The van der Waals surface area contributed by atoms with E-state index in [0.717, 1.165) is 19.0 Å². The van der Waals surface area contributed by atoms with Crippen LogP contribution >= 0.6 is 0 Å². The topological polar surface area (TPSA) is 66.6 Å². The minimum Gasteiger partial charge on any atom is -0.481 e. The molecule has 3 N–H and O–H groups in total. The van der Waals surface area contributed by atoms with Crippen molar-refractivity contribution in [3.05, 3.63) is 35.4 Å². The lowest BCUT2D eigenvalue weighted by atomic mass is 9.90. The molecule has 0 radical (unpaired) electrons. The minimum absolute atomic E-state index is 0.0113. The summed E-state index contributed by atoms with van der Waals surface area (Å²) in [6.07, 6.45) is 1.54. The second-order valence-electron chi connectivity index (χ2n) is 5.74. The maximum absolute atomic E-state index is 13.2. The molecule has 4 nitrogen and oxygen atoms in total. The highest BCUT2D eigenvalue weighted by molar-refractivity contribution is 5.66. The van der Waals surface area contributed by atoms with Crippen LogP contribution in [-0.4, -0.2) is 35.1 Å². The summed E-state index contributed by atoms with van der Waals surface area (Å²) in [7, 11) is 0. The summed E-state index contributed by atoms with van der Waals surface area (Å²) in [4.78, 5) is 12.7. The second kappa shape index (κ2) is 6.95. The number of aliphatic carboxylic acids is 1. The van der Waals surface area contributed by atoms with Crippen LogP contribution in [0.2, 0.25) is 0 Å². The first-order valence-electron chi connectivity index (χ1n) is 7.07. The Morgan fingerprint density at radius 3 is 2.76 bits per heavy atom. The van der Waals surface area contributed by atoms with E-state index >= 15 is 0 Å². The molecular weight excluding hydrogens is 278 g/mol. The van der Waals surface area contributed by atoms with Crippen molar-refractivity contribution in [2.45, 2.75) is 31.8 Å². The molecule has 0 aliphatic carbocycles. The van der Waals surface area contributed by atoms with Crippen LogP contribution in [0.1, 0.15) is 24.8 Å². The van der Waals surface area contributed by atoms with Crippen molar-refractivity contribution in [2.75, 3.05) is 13.1 Å². The zero-order valence-electron chi connectivity index (χ0n) is 11.8. The summed E-state index contributed by atoms with van der Waals surface area (Å²) in [5.41, 5.74) is 6.70. The number of carboxylic acids is 1. The molecule has 0 aromatic heterocycles. The van der Waals surface area contributed by atoms with Crippen LogP contribution in [0.25, 0.3) is 0 Å². The fourth-order valence-electron chi connectivity index (χ4n) is 2.91. The van der Waals surface area contributed by atoms with E-state index in [2.05, 4.69) is 4.90 Å². The van der Waals surface area contributed by atoms with Crippen LogP contribution < -0.4 is 5.73 Å². The van der Waals surface area contributed by atoms with Crippen molar-refractivity contribution < 1.29 is 18.7 Å². The van der Waals surface area contributed by atoms with Gasteiger partial charge < -0.3 is 10.8 Å². The fourth-order valence-corrected chi connectivity index (χ4v) is 2.91. The molecule has 116 valence electrons. The third-order valence-electron chi connectivity index (χ3n) is 3.80. The average Bonchev–Trinajstić information content (AvgIpc) is 2.40. The Morgan fingerprint density at radius 1 is 1.33 bits per heavy atom. The van der Waals surface area contributed by atoms with E-state index in [9.17, 15) is 13.6 Å². The molecule has 0 saturated carbocycles. The Morgan fingerprint density at radius 2 is 2.10 bits per heavy atom. The van der Waals surface area contributed by atoms with E-state index in [0.29, 0.717) is 25.1 Å². The van der Waals surface area contributed by atoms with E-state index in [4.69, 9.17) is 10.8 Å². The second-order valence-corrected chi connectivity index (χ2v) is 5.74. The fraction of sp³-hybridized carbons (Fsp3) is 0.533. The molecule has 2 rings (SSSR count). The molecule has 6 heteroatoms. The summed E-state index contributed by atoms with van der Waals surface area (Å²) in [6.45, 7) is 1.91. The van der Waals surface area contributed by atoms with Gasteiger partial charge in [-0.2, -0.15) is 0 Å². The maximum Gasteiger partial charge on any atom is 0.303 e. The van der Waals surface area contributed by atoms with Crippen molar-refractivity contribution in [3.63, 3.8) is 0 Å². The number of nitrogens with two attached hydrogens (primary N) is 1. The third kappa shape index (κ3) is 4.75. The monoisotopic (exact) mass is 298 g/mol. The largest absolute Gasteiger partial charge is 0.481 e. The third-order valence-corrected chi connectivity index (χ3v) is 3.80. The van der Waals surface area contributed by atoms with Gasteiger partial charge in [-0.25, -0.2) is 8.78 Å². The standard InChI is InChI=1S/C15H20F2N2O2/c16-13-3-1-11(6-14(13)17)8-19-7-10(2-4-15(20)21)5-12(18)9-19/h1,3,6,10,12H,2,4-5,7-9,18H2,(H,20,21). The summed E-state index contributed by atoms with van der Waals surface area (Å²) >= 11 is 0. The first-order chi connectivity index (χ1) is 9.94. The van der Waals surface area contributed by atoms with Gasteiger partial charge in [0.2, 0.25) is 0 Å². The van der Waals surface area contributed by atoms with Gasteiger partial charge in [0, 0.05) is 32.1 Å². The first-order valence-corrected chi connectivity index (χ1v) is 7.07. The smallest absolute Gasteiger partial charge is 0.303 e. The predicted octanol–water partition coefficient (Wildman–Crippen LogP) is 1.98. The molecular formula is C15H20F2N2O2. The van der Waals surface area contributed by atoms with Gasteiger partial charge in [0.15, 0.2) is 11.6 Å². The number of hydrogen-bond donors (Lipinski definition) is 2. The number of halogens is 2. The summed E-state index contributed by atoms with van der Waals surface area (Å²) in [5.74, 6) is -2.28. The summed E-state index contributed by atoms with van der Waals surface area (Å²) in [5, 5.41) is 8.75. The molecule has 1 aromatic carbocycles. The zero-order chi connectivity index (χ0) is 15.4. The Kier molecular flexibility index (Phi) is 5.25. The van der Waals surface area contributed by atoms with Gasteiger partial charge in [0.25, 0.3) is 0 Å². The van der Waals surface area contributed by atoms with Gasteiger partial charge >= 0.3 is 5.97 Å². The molecule has 1 aliphatic rings. The van der Waals surface area contributed by atoms with Crippen molar-refractivity contribution in [1.82, 2.24) is 4.90 Å². The highest BCUT2D eigenvalue weighted by atomic mass is 19.2. The van der Waals surface area contributed by atoms with Gasteiger partial charge in [-0.1, -0.05) is 6.07 Å². The van der Waals surface area contributed by atoms with Gasteiger partial charge in [-0.15, -0.1) is 0 Å². The van der Waals surface area contributed by atoms with Crippen molar-refractivity contribution in [3.8, 4) is 0 Å². The molecule has 0 amide bonds. The Balaban J connectivity index is 1.95. The predicted molar refractivity (Wildman–Crippen MR) is 74.6 cm³/mol. The van der Waals surface area contributed by atoms with Gasteiger partial charge in [0.05, 0.1) is 0 Å². The first kappa shape index (κ1) is 15.9. The maximum atomic E-state index is 13.2. The van der Waals surface area contributed by atoms with Crippen LogP contribution in [0.4, 0.5) is 8.78 Å². The van der Waals surface area contributed by atoms with Crippen LogP contribution in [-0.2, 0) is 11.3 Å². The Hall–Kier alpha value is -1.53. The molecule has 21 heavy (non-hydrogen) atoms. The lowest BCUT2D eigenvalue weighted by Crippen LogP contribution is -2.46. The number of piperidine rings is 1. The normalized spacial score (nSPS) is 23.2. The average molecular weight is 298 g/mol. The molecule has 2 unspecified atom stereocenters.